The third-order valence-corrected chi connectivity index (χ3v) is 3.43. The number of carbonyl (C=O) groups excluding carboxylic acids is 2. The number of hydrogen-bond acceptors (Lipinski definition) is 6. The lowest BCUT2D eigenvalue weighted by atomic mass is 10.2. The van der Waals surface area contributed by atoms with Crippen molar-refractivity contribution in [3.63, 3.8) is 0 Å². The maximum Gasteiger partial charge on any atom is 0.411 e. The van der Waals surface area contributed by atoms with Crippen LogP contribution in [0.2, 0.25) is 0 Å². The molecule has 2 aromatic carbocycles. The van der Waals surface area contributed by atoms with Crippen LogP contribution >= 0.6 is 0 Å². The Labute approximate surface area is 157 Å². The van der Waals surface area contributed by atoms with E-state index in [9.17, 15) is 9.59 Å². The lowest BCUT2D eigenvalue weighted by molar-refractivity contribution is 0.167. The van der Waals surface area contributed by atoms with Crippen molar-refractivity contribution in [2.45, 2.75) is 13.8 Å². The molecular weight excluding hydrogens is 350 g/mol. The number of nitrogens with one attached hydrogen (secondary N) is 3. The smallest absolute Gasteiger partial charge is 0.411 e. The summed E-state index contributed by atoms with van der Waals surface area (Å²) in [6, 6.07) is 12.4. The van der Waals surface area contributed by atoms with E-state index in [-0.39, 0.29) is 13.2 Å². The van der Waals surface area contributed by atoms with E-state index in [1.807, 2.05) is 24.3 Å². The maximum atomic E-state index is 11.9. The van der Waals surface area contributed by atoms with Gasteiger partial charge in [0.05, 0.1) is 37.4 Å². The monoisotopic (exact) mass is 373 g/mol. The van der Waals surface area contributed by atoms with Gasteiger partial charge in [0.15, 0.2) is 0 Å². The molecule has 27 heavy (non-hydrogen) atoms. The first-order valence-corrected chi connectivity index (χ1v) is 8.49. The van der Waals surface area contributed by atoms with Crippen molar-refractivity contribution in [2.24, 2.45) is 0 Å². The molecular formula is C19H23N3O5. The first-order valence-electron chi connectivity index (χ1n) is 8.49. The number of carbonyl (C=O) groups is 2. The summed E-state index contributed by atoms with van der Waals surface area (Å²) in [7, 11) is 1.57. The molecule has 2 rings (SSSR count). The predicted octanol–water partition coefficient (Wildman–Crippen LogP) is 4.58. The molecule has 0 atom stereocenters. The molecule has 0 unspecified atom stereocenters. The minimum absolute atomic E-state index is 0.238. The largest absolute Gasteiger partial charge is 0.495 e. The molecule has 0 saturated heterocycles. The quantitative estimate of drug-likeness (QED) is 0.657. The van der Waals surface area contributed by atoms with Crippen molar-refractivity contribution in [3.8, 4) is 5.75 Å². The normalized spacial score (nSPS) is 9.89. The Hall–Kier alpha value is -3.42. The van der Waals surface area contributed by atoms with Crippen molar-refractivity contribution in [1.82, 2.24) is 0 Å². The molecule has 0 fully saturated rings. The van der Waals surface area contributed by atoms with Gasteiger partial charge in [-0.25, -0.2) is 9.59 Å². The SMILES string of the molecule is CCOC(=O)Nc1ccc(Nc2ccccc2OC)c(NC(=O)OCC)c1. The topological polar surface area (TPSA) is 97.9 Å². The van der Waals surface area contributed by atoms with Crippen molar-refractivity contribution in [2.75, 3.05) is 36.3 Å². The summed E-state index contributed by atoms with van der Waals surface area (Å²) in [6.45, 7) is 3.93. The Balaban J connectivity index is 2.30. The molecule has 0 aliphatic carbocycles. The van der Waals surface area contributed by atoms with Gasteiger partial charge in [-0.2, -0.15) is 0 Å². The highest BCUT2D eigenvalue weighted by Crippen LogP contribution is 2.33. The molecule has 0 bridgehead atoms. The Morgan fingerprint density at radius 2 is 1.52 bits per heavy atom. The van der Waals surface area contributed by atoms with Crippen molar-refractivity contribution in [3.05, 3.63) is 42.5 Å². The summed E-state index contributed by atoms with van der Waals surface area (Å²) in [5, 5.41) is 8.46. The Bertz CT molecular complexity index is 795. The van der Waals surface area contributed by atoms with E-state index in [0.717, 1.165) is 5.69 Å². The number of rotatable bonds is 7. The molecule has 0 aliphatic rings. The summed E-state index contributed by atoms with van der Waals surface area (Å²) in [5.74, 6) is 0.647. The standard InChI is InChI=1S/C19H23N3O5/c1-4-26-18(23)20-13-10-11-14(16(12-13)22-19(24)27-5-2)21-15-8-6-7-9-17(15)25-3/h6-12,21H,4-5H2,1-3H3,(H,20,23)(H,22,24). The molecule has 0 radical (unpaired) electrons. The highest BCUT2D eigenvalue weighted by atomic mass is 16.6. The first kappa shape index (κ1) is 19.9. The minimum atomic E-state index is -0.603. The average molecular weight is 373 g/mol. The first-order chi connectivity index (χ1) is 13.1. The highest BCUT2D eigenvalue weighted by Gasteiger charge is 2.12. The number of benzene rings is 2. The molecule has 0 aliphatic heterocycles. The molecule has 0 aromatic heterocycles. The van der Waals surface area contributed by atoms with Gasteiger partial charge in [-0.15, -0.1) is 0 Å². The molecule has 8 heteroatoms. The summed E-state index contributed by atoms with van der Waals surface area (Å²) < 4.78 is 15.1. The van der Waals surface area contributed by atoms with Gasteiger partial charge >= 0.3 is 12.2 Å². The molecule has 0 heterocycles. The van der Waals surface area contributed by atoms with Crippen LogP contribution in [0.4, 0.5) is 32.3 Å². The van der Waals surface area contributed by atoms with Gasteiger partial charge in [-0.3, -0.25) is 10.6 Å². The van der Waals surface area contributed by atoms with Crippen LogP contribution in [-0.4, -0.2) is 32.5 Å². The predicted molar refractivity (Wildman–Crippen MR) is 104 cm³/mol. The van der Waals surface area contributed by atoms with Gasteiger partial charge in [0.25, 0.3) is 0 Å². The third-order valence-electron chi connectivity index (χ3n) is 3.43. The maximum absolute atomic E-state index is 11.9. The second kappa shape index (κ2) is 9.91. The summed E-state index contributed by atoms with van der Waals surface area (Å²) in [4.78, 5) is 23.5. The number of hydrogen-bond donors (Lipinski definition) is 3. The lowest BCUT2D eigenvalue weighted by Crippen LogP contribution is -2.16. The summed E-state index contributed by atoms with van der Waals surface area (Å²) in [5.41, 5.74) is 2.21. The number of amides is 2. The number of methoxy groups -OCH3 is 1. The van der Waals surface area contributed by atoms with E-state index >= 15 is 0 Å². The van der Waals surface area contributed by atoms with Gasteiger partial charge in [-0.05, 0) is 44.2 Å². The third kappa shape index (κ3) is 5.81. The Morgan fingerprint density at radius 3 is 2.19 bits per heavy atom. The number of ether oxygens (including phenoxy) is 3. The lowest BCUT2D eigenvalue weighted by Gasteiger charge is -2.16. The van der Waals surface area contributed by atoms with E-state index in [4.69, 9.17) is 14.2 Å². The molecule has 8 nitrogen and oxygen atoms in total. The van der Waals surface area contributed by atoms with E-state index < -0.39 is 12.2 Å². The fourth-order valence-electron chi connectivity index (χ4n) is 2.29. The zero-order valence-corrected chi connectivity index (χ0v) is 15.5. The van der Waals surface area contributed by atoms with Crippen LogP contribution in [0.25, 0.3) is 0 Å². The average Bonchev–Trinajstić information content (AvgIpc) is 2.64. The van der Waals surface area contributed by atoms with Gasteiger partial charge in [-0.1, -0.05) is 12.1 Å². The van der Waals surface area contributed by atoms with Crippen molar-refractivity contribution < 1.29 is 23.8 Å². The molecule has 3 N–H and O–H groups in total. The van der Waals surface area contributed by atoms with E-state index in [1.54, 1.807) is 39.2 Å². The van der Waals surface area contributed by atoms with Gasteiger partial charge < -0.3 is 19.5 Å². The molecule has 144 valence electrons. The van der Waals surface area contributed by atoms with Gasteiger partial charge in [0.1, 0.15) is 5.75 Å². The van der Waals surface area contributed by atoms with E-state index in [1.165, 1.54) is 0 Å². The zero-order valence-electron chi connectivity index (χ0n) is 15.5. The van der Waals surface area contributed by atoms with Crippen molar-refractivity contribution >= 4 is 34.9 Å². The van der Waals surface area contributed by atoms with E-state index in [0.29, 0.717) is 22.8 Å². The Kier molecular flexibility index (Phi) is 7.30. The van der Waals surface area contributed by atoms with Crippen LogP contribution < -0.4 is 20.7 Å². The molecule has 2 amide bonds. The molecule has 2 aromatic rings. The van der Waals surface area contributed by atoms with Crippen LogP contribution in [0, 0.1) is 0 Å². The zero-order chi connectivity index (χ0) is 19.6. The van der Waals surface area contributed by atoms with Gasteiger partial charge in [0.2, 0.25) is 0 Å². The fourth-order valence-corrected chi connectivity index (χ4v) is 2.29. The second-order valence-electron chi connectivity index (χ2n) is 5.28. The fraction of sp³-hybridized carbons (Fsp3) is 0.263. The van der Waals surface area contributed by atoms with Crippen LogP contribution in [0.15, 0.2) is 42.5 Å². The summed E-state index contributed by atoms with van der Waals surface area (Å²) >= 11 is 0. The van der Waals surface area contributed by atoms with Crippen LogP contribution in [0.3, 0.4) is 0 Å². The Morgan fingerprint density at radius 1 is 0.852 bits per heavy atom. The van der Waals surface area contributed by atoms with Gasteiger partial charge in [0, 0.05) is 5.69 Å². The number of anilines is 4. The molecule has 0 saturated carbocycles. The highest BCUT2D eigenvalue weighted by molar-refractivity contribution is 5.94. The number of para-hydroxylation sites is 2. The summed E-state index contributed by atoms with van der Waals surface area (Å²) in [6.07, 6.45) is -1.18. The van der Waals surface area contributed by atoms with Crippen LogP contribution in [-0.2, 0) is 9.47 Å². The van der Waals surface area contributed by atoms with Crippen LogP contribution in [0.1, 0.15) is 13.8 Å². The van der Waals surface area contributed by atoms with E-state index in [2.05, 4.69) is 16.0 Å². The second-order valence-corrected chi connectivity index (χ2v) is 5.28. The molecule has 0 spiro atoms. The minimum Gasteiger partial charge on any atom is -0.495 e. The van der Waals surface area contributed by atoms with Crippen LogP contribution in [0.5, 0.6) is 5.75 Å². The van der Waals surface area contributed by atoms with Crippen molar-refractivity contribution in [1.29, 1.82) is 0 Å².